The number of hydrogen-bond donors (Lipinski definition) is 2. The molecule has 0 spiro atoms. The van der Waals surface area contributed by atoms with Crippen molar-refractivity contribution in [2.45, 2.75) is 19.9 Å². The molecule has 8 nitrogen and oxygen atoms in total. The molecule has 2 amide bonds. The maximum Gasteiger partial charge on any atom is 0.344 e. The van der Waals surface area contributed by atoms with E-state index in [9.17, 15) is 14.4 Å². The summed E-state index contributed by atoms with van der Waals surface area (Å²) >= 11 is 0. The van der Waals surface area contributed by atoms with Gasteiger partial charge in [0.1, 0.15) is 12.4 Å². The molecule has 0 radical (unpaired) electrons. The molecule has 0 aliphatic carbocycles. The molecule has 2 aromatic rings. The first-order valence-corrected chi connectivity index (χ1v) is 9.23. The first-order valence-electron chi connectivity index (χ1n) is 9.23. The van der Waals surface area contributed by atoms with Gasteiger partial charge >= 0.3 is 18.0 Å². The third kappa shape index (κ3) is 5.04. The number of esters is 2. The van der Waals surface area contributed by atoms with Crippen LogP contribution in [0.25, 0.3) is 10.8 Å². The van der Waals surface area contributed by atoms with E-state index in [0.29, 0.717) is 5.75 Å². The second-order valence-corrected chi connectivity index (χ2v) is 6.39. The Morgan fingerprint density at radius 2 is 1.83 bits per heavy atom. The van der Waals surface area contributed by atoms with Crippen molar-refractivity contribution in [2.24, 2.45) is 0 Å². The number of fused-ring (bicyclic) bond motifs is 1. The van der Waals surface area contributed by atoms with Gasteiger partial charge in [0.2, 0.25) is 0 Å². The smallest absolute Gasteiger partial charge is 0.344 e. The zero-order chi connectivity index (χ0) is 20.8. The Kier molecular flexibility index (Phi) is 6.33. The highest BCUT2D eigenvalue weighted by Crippen LogP contribution is 2.20. The highest BCUT2D eigenvalue weighted by molar-refractivity contribution is 5.94. The van der Waals surface area contributed by atoms with E-state index in [2.05, 4.69) is 10.6 Å². The van der Waals surface area contributed by atoms with E-state index in [-0.39, 0.29) is 31.1 Å². The van der Waals surface area contributed by atoms with Crippen LogP contribution in [0.3, 0.4) is 0 Å². The molecule has 8 heteroatoms. The summed E-state index contributed by atoms with van der Waals surface area (Å²) in [5.74, 6) is -0.670. The fourth-order valence-electron chi connectivity index (χ4n) is 2.99. The summed E-state index contributed by atoms with van der Waals surface area (Å²) in [6.45, 7) is 2.95. The molecule has 0 saturated heterocycles. The number of carbonyl (C=O) groups excluding carboxylic acids is 3. The Hall–Kier alpha value is -3.55. The lowest BCUT2D eigenvalue weighted by molar-refractivity contribution is -0.145. The molecule has 1 aliphatic rings. The van der Waals surface area contributed by atoms with Crippen molar-refractivity contribution in [1.29, 1.82) is 0 Å². The number of rotatable bonds is 7. The van der Waals surface area contributed by atoms with Crippen LogP contribution in [0.2, 0.25) is 0 Å². The van der Waals surface area contributed by atoms with Crippen molar-refractivity contribution in [3.8, 4) is 5.75 Å². The maximum absolute atomic E-state index is 12.2. The Labute approximate surface area is 167 Å². The molecule has 3 rings (SSSR count). The lowest BCUT2D eigenvalue weighted by Crippen LogP contribution is -2.50. The van der Waals surface area contributed by atoms with E-state index >= 15 is 0 Å². The monoisotopic (exact) mass is 398 g/mol. The van der Waals surface area contributed by atoms with Crippen molar-refractivity contribution in [3.05, 3.63) is 53.7 Å². The third-order valence-electron chi connectivity index (χ3n) is 4.32. The van der Waals surface area contributed by atoms with Gasteiger partial charge in [0, 0.05) is 0 Å². The zero-order valence-corrected chi connectivity index (χ0v) is 16.2. The Morgan fingerprint density at radius 3 is 2.59 bits per heavy atom. The van der Waals surface area contributed by atoms with Gasteiger partial charge in [-0.2, -0.15) is 0 Å². The van der Waals surface area contributed by atoms with Gasteiger partial charge < -0.3 is 24.8 Å². The number of benzene rings is 2. The predicted molar refractivity (Wildman–Crippen MR) is 105 cm³/mol. The standard InChI is InChI=1S/C21H22N2O6/c1-3-27-20(25)19-13(2)22-21(26)23-17(19)11-29-18(24)12-28-16-9-8-14-6-4-5-7-15(14)10-16/h4-10,13H,3,11-12H2,1-2H3,(H2,22,23,26). The highest BCUT2D eigenvalue weighted by atomic mass is 16.6. The number of nitrogens with one attached hydrogen (secondary N) is 2. The quantitative estimate of drug-likeness (QED) is 0.694. The molecule has 1 unspecified atom stereocenters. The van der Waals surface area contributed by atoms with Crippen molar-refractivity contribution < 1.29 is 28.6 Å². The van der Waals surface area contributed by atoms with Gasteiger partial charge in [-0.05, 0) is 36.8 Å². The van der Waals surface area contributed by atoms with Crippen LogP contribution >= 0.6 is 0 Å². The van der Waals surface area contributed by atoms with E-state index in [1.807, 2.05) is 36.4 Å². The van der Waals surface area contributed by atoms with Crippen LogP contribution in [0.15, 0.2) is 53.7 Å². The van der Waals surface area contributed by atoms with Gasteiger partial charge in [-0.15, -0.1) is 0 Å². The van der Waals surface area contributed by atoms with Gasteiger partial charge in [-0.25, -0.2) is 14.4 Å². The predicted octanol–water partition coefficient (Wildman–Crippen LogP) is 2.28. The minimum atomic E-state index is -0.630. The third-order valence-corrected chi connectivity index (χ3v) is 4.32. The largest absolute Gasteiger partial charge is 0.482 e. The van der Waals surface area contributed by atoms with Crippen LogP contribution in [-0.4, -0.2) is 43.8 Å². The summed E-state index contributed by atoms with van der Waals surface area (Å²) in [6.07, 6.45) is 0. The molecule has 152 valence electrons. The van der Waals surface area contributed by atoms with E-state index < -0.39 is 24.0 Å². The molecule has 1 aliphatic heterocycles. The molecule has 2 N–H and O–H groups in total. The molecule has 1 heterocycles. The van der Waals surface area contributed by atoms with Crippen molar-refractivity contribution in [1.82, 2.24) is 10.6 Å². The molecule has 0 saturated carbocycles. The minimum Gasteiger partial charge on any atom is -0.482 e. The summed E-state index contributed by atoms with van der Waals surface area (Å²) < 4.78 is 15.7. The van der Waals surface area contributed by atoms with Gasteiger partial charge in [0.15, 0.2) is 6.61 Å². The summed E-state index contributed by atoms with van der Waals surface area (Å²) in [5.41, 5.74) is 0.411. The molecular formula is C21H22N2O6. The fraction of sp³-hybridized carbons (Fsp3) is 0.286. The number of hydrogen-bond acceptors (Lipinski definition) is 6. The van der Waals surface area contributed by atoms with E-state index in [1.54, 1.807) is 19.9 Å². The van der Waals surface area contributed by atoms with Gasteiger partial charge in [0.05, 0.1) is 23.9 Å². The molecule has 0 bridgehead atoms. The lowest BCUT2D eigenvalue weighted by atomic mass is 10.0. The first-order chi connectivity index (χ1) is 14.0. The number of ether oxygens (including phenoxy) is 3. The second kappa shape index (κ2) is 9.09. The minimum absolute atomic E-state index is 0.190. The van der Waals surface area contributed by atoms with E-state index in [1.165, 1.54) is 0 Å². The molecule has 29 heavy (non-hydrogen) atoms. The number of carbonyl (C=O) groups is 3. The summed E-state index contributed by atoms with van der Waals surface area (Å²) in [4.78, 5) is 35.9. The Balaban J connectivity index is 1.61. The normalized spacial score (nSPS) is 16.1. The first kappa shape index (κ1) is 20.2. The van der Waals surface area contributed by atoms with Crippen molar-refractivity contribution in [2.75, 3.05) is 19.8 Å². The summed E-state index contributed by atoms with van der Waals surface area (Å²) in [5, 5.41) is 7.13. The lowest BCUT2D eigenvalue weighted by Gasteiger charge is -2.26. The van der Waals surface area contributed by atoms with Crippen LogP contribution in [-0.2, 0) is 19.1 Å². The number of urea groups is 1. The van der Waals surface area contributed by atoms with Gasteiger partial charge in [0.25, 0.3) is 0 Å². The van der Waals surface area contributed by atoms with E-state index in [0.717, 1.165) is 10.8 Å². The van der Waals surface area contributed by atoms with Crippen LogP contribution < -0.4 is 15.4 Å². The SMILES string of the molecule is CCOC(=O)C1=C(COC(=O)COc2ccc3ccccc3c2)NC(=O)NC1C. The van der Waals surface area contributed by atoms with Crippen LogP contribution in [0, 0.1) is 0 Å². The van der Waals surface area contributed by atoms with Crippen LogP contribution in [0.4, 0.5) is 4.79 Å². The average Bonchev–Trinajstić information content (AvgIpc) is 2.70. The van der Waals surface area contributed by atoms with Crippen molar-refractivity contribution in [3.63, 3.8) is 0 Å². The molecule has 2 aromatic carbocycles. The van der Waals surface area contributed by atoms with Gasteiger partial charge in [-0.3, -0.25) is 0 Å². The topological polar surface area (TPSA) is 103 Å². The molecular weight excluding hydrogens is 376 g/mol. The Morgan fingerprint density at radius 1 is 1.07 bits per heavy atom. The number of amides is 2. The highest BCUT2D eigenvalue weighted by Gasteiger charge is 2.30. The average molecular weight is 398 g/mol. The van der Waals surface area contributed by atoms with E-state index in [4.69, 9.17) is 14.2 Å². The maximum atomic E-state index is 12.2. The molecule has 0 fully saturated rings. The fourth-order valence-corrected chi connectivity index (χ4v) is 2.99. The summed E-state index contributed by atoms with van der Waals surface area (Å²) in [6, 6.07) is 12.3. The van der Waals surface area contributed by atoms with Crippen LogP contribution in [0.5, 0.6) is 5.75 Å². The molecule has 1 atom stereocenters. The Bertz CT molecular complexity index is 969. The summed E-state index contributed by atoms with van der Waals surface area (Å²) in [7, 11) is 0. The molecule has 0 aromatic heterocycles. The zero-order valence-electron chi connectivity index (χ0n) is 16.2. The van der Waals surface area contributed by atoms with Crippen molar-refractivity contribution >= 4 is 28.7 Å². The van der Waals surface area contributed by atoms with Gasteiger partial charge in [-0.1, -0.05) is 30.3 Å². The second-order valence-electron chi connectivity index (χ2n) is 6.39. The van der Waals surface area contributed by atoms with Crippen LogP contribution in [0.1, 0.15) is 13.8 Å².